The molecule has 1 heterocycles. The van der Waals surface area contributed by atoms with Crippen molar-refractivity contribution in [2.24, 2.45) is 4.99 Å². The van der Waals surface area contributed by atoms with Gasteiger partial charge in [0.2, 0.25) is 0 Å². The van der Waals surface area contributed by atoms with Gasteiger partial charge in [-0.25, -0.2) is 9.79 Å². The van der Waals surface area contributed by atoms with Crippen molar-refractivity contribution in [1.82, 2.24) is 10.6 Å². The molecule has 1 aromatic heterocycles. The van der Waals surface area contributed by atoms with E-state index in [0.717, 1.165) is 31.0 Å². The van der Waals surface area contributed by atoms with Crippen LogP contribution in [-0.2, 0) is 17.7 Å². The summed E-state index contributed by atoms with van der Waals surface area (Å²) in [6.07, 6.45) is 0.852. The molecule has 7 heteroatoms. The lowest BCUT2D eigenvalue weighted by Crippen LogP contribution is -2.38. The monoisotopic (exact) mass is 473 g/mol. The molecule has 2 rings (SSSR count). The van der Waals surface area contributed by atoms with E-state index in [0.29, 0.717) is 12.1 Å². The Morgan fingerprint density at radius 2 is 1.96 bits per heavy atom. The number of carbonyl (C=O) groups excluding carboxylic acids is 1. The van der Waals surface area contributed by atoms with Crippen molar-refractivity contribution in [3.63, 3.8) is 0 Å². The Kier molecular flexibility index (Phi) is 10.2. The van der Waals surface area contributed by atoms with Gasteiger partial charge in [-0.2, -0.15) is 0 Å². The molecule has 0 saturated carbocycles. The third kappa shape index (κ3) is 7.43. The Bertz CT molecular complexity index is 657. The van der Waals surface area contributed by atoms with Gasteiger partial charge in [-0.15, -0.1) is 35.3 Å². The molecule has 0 aliphatic heterocycles. The van der Waals surface area contributed by atoms with Crippen LogP contribution in [0.3, 0.4) is 0 Å². The van der Waals surface area contributed by atoms with Crippen molar-refractivity contribution in [2.75, 3.05) is 20.2 Å². The summed E-state index contributed by atoms with van der Waals surface area (Å²) in [4.78, 5) is 17.2. The van der Waals surface area contributed by atoms with E-state index in [1.165, 1.54) is 12.0 Å². The van der Waals surface area contributed by atoms with Crippen LogP contribution in [0, 0.1) is 0 Å². The summed E-state index contributed by atoms with van der Waals surface area (Å²) in [5, 5.41) is 8.64. The number of thiophene rings is 1. The molecule has 2 aromatic rings. The van der Waals surface area contributed by atoms with Gasteiger partial charge in [0, 0.05) is 18.0 Å². The predicted octanol–water partition coefficient (Wildman–Crippen LogP) is 3.45. The van der Waals surface area contributed by atoms with Gasteiger partial charge in [0.1, 0.15) is 0 Å². The van der Waals surface area contributed by atoms with Crippen LogP contribution in [0.4, 0.5) is 0 Å². The topological polar surface area (TPSA) is 62.7 Å². The van der Waals surface area contributed by atoms with Gasteiger partial charge in [0.25, 0.3) is 0 Å². The van der Waals surface area contributed by atoms with Gasteiger partial charge in [0.05, 0.1) is 19.2 Å². The molecule has 136 valence electrons. The van der Waals surface area contributed by atoms with E-state index in [9.17, 15) is 4.79 Å². The summed E-state index contributed by atoms with van der Waals surface area (Å²) in [6.45, 7) is 4.33. The summed E-state index contributed by atoms with van der Waals surface area (Å²) in [7, 11) is 1.39. The number of nitrogens with zero attached hydrogens (tertiary/aromatic N) is 1. The van der Waals surface area contributed by atoms with Gasteiger partial charge < -0.3 is 15.4 Å². The highest BCUT2D eigenvalue weighted by atomic mass is 127. The van der Waals surface area contributed by atoms with Crippen molar-refractivity contribution in [2.45, 2.75) is 19.9 Å². The standard InChI is InChI=1S/C18H23N3O2S.HI/c1-3-19-18(21-13-16-5-4-12-24-16)20-11-10-14-6-8-15(9-7-14)17(22)23-2;/h4-9,12H,3,10-11,13H2,1-2H3,(H2,19,20,21);1H. The lowest BCUT2D eigenvalue weighted by molar-refractivity contribution is 0.0600. The van der Waals surface area contributed by atoms with E-state index >= 15 is 0 Å². The lowest BCUT2D eigenvalue weighted by atomic mass is 10.1. The average molecular weight is 473 g/mol. The first-order valence-corrected chi connectivity index (χ1v) is 8.82. The van der Waals surface area contributed by atoms with E-state index in [4.69, 9.17) is 4.74 Å². The Morgan fingerprint density at radius 3 is 2.56 bits per heavy atom. The molecule has 5 nitrogen and oxygen atoms in total. The predicted molar refractivity (Wildman–Crippen MR) is 114 cm³/mol. The third-order valence-corrected chi connectivity index (χ3v) is 4.26. The Balaban J connectivity index is 0.00000312. The largest absolute Gasteiger partial charge is 0.465 e. The molecule has 0 radical (unpaired) electrons. The summed E-state index contributed by atoms with van der Waals surface area (Å²) in [5.41, 5.74) is 1.73. The van der Waals surface area contributed by atoms with Crippen LogP contribution in [0.2, 0.25) is 0 Å². The number of halogens is 1. The Hall–Kier alpha value is -1.61. The lowest BCUT2D eigenvalue weighted by Gasteiger charge is -2.11. The molecule has 2 N–H and O–H groups in total. The minimum atomic E-state index is -0.310. The first-order chi connectivity index (χ1) is 11.7. The van der Waals surface area contributed by atoms with Crippen molar-refractivity contribution in [3.8, 4) is 0 Å². The van der Waals surface area contributed by atoms with Crippen molar-refractivity contribution in [3.05, 3.63) is 57.8 Å². The van der Waals surface area contributed by atoms with Crippen LogP contribution in [0.5, 0.6) is 0 Å². The highest BCUT2D eigenvalue weighted by Crippen LogP contribution is 2.09. The minimum Gasteiger partial charge on any atom is -0.465 e. The van der Waals surface area contributed by atoms with Gasteiger partial charge >= 0.3 is 5.97 Å². The number of carbonyl (C=O) groups is 1. The highest BCUT2D eigenvalue weighted by Gasteiger charge is 2.04. The maximum atomic E-state index is 11.4. The van der Waals surface area contributed by atoms with Crippen LogP contribution < -0.4 is 10.6 Å². The fraction of sp³-hybridized carbons (Fsp3) is 0.333. The Morgan fingerprint density at radius 1 is 1.20 bits per heavy atom. The number of hydrogen-bond acceptors (Lipinski definition) is 4. The zero-order valence-electron chi connectivity index (χ0n) is 14.5. The van der Waals surface area contributed by atoms with Gasteiger partial charge in [0.15, 0.2) is 5.96 Å². The number of ether oxygens (including phenoxy) is 1. The molecule has 0 aliphatic rings. The number of hydrogen-bond donors (Lipinski definition) is 2. The summed E-state index contributed by atoms with van der Waals surface area (Å²) >= 11 is 1.71. The van der Waals surface area contributed by atoms with Crippen LogP contribution in [0.1, 0.15) is 27.7 Å². The third-order valence-electron chi connectivity index (χ3n) is 3.40. The van der Waals surface area contributed by atoms with E-state index in [1.54, 1.807) is 23.5 Å². The second-order valence-electron chi connectivity index (χ2n) is 5.14. The average Bonchev–Trinajstić information content (AvgIpc) is 3.13. The molecule has 0 bridgehead atoms. The van der Waals surface area contributed by atoms with E-state index in [2.05, 4.69) is 27.1 Å². The molecule has 0 aliphatic carbocycles. The van der Waals surface area contributed by atoms with Crippen LogP contribution in [0.25, 0.3) is 0 Å². The molecule has 1 aromatic carbocycles. The first kappa shape index (κ1) is 21.4. The molecule has 0 amide bonds. The molecule has 0 fully saturated rings. The molecule has 0 spiro atoms. The number of guanidine groups is 1. The van der Waals surface area contributed by atoms with E-state index < -0.39 is 0 Å². The fourth-order valence-electron chi connectivity index (χ4n) is 2.15. The van der Waals surface area contributed by atoms with Crippen molar-refractivity contribution >= 4 is 47.2 Å². The SMILES string of the molecule is CCNC(=NCc1cccs1)NCCc1ccc(C(=O)OC)cc1.I. The van der Waals surface area contributed by atoms with Crippen LogP contribution in [0.15, 0.2) is 46.8 Å². The maximum absolute atomic E-state index is 11.4. The summed E-state index contributed by atoms with van der Waals surface area (Å²) in [6, 6.07) is 11.6. The maximum Gasteiger partial charge on any atom is 0.337 e. The van der Waals surface area contributed by atoms with E-state index in [1.807, 2.05) is 25.1 Å². The van der Waals surface area contributed by atoms with E-state index in [-0.39, 0.29) is 29.9 Å². The number of aliphatic imine (C=N–C) groups is 1. The number of nitrogens with one attached hydrogen (secondary N) is 2. The fourth-order valence-corrected chi connectivity index (χ4v) is 2.78. The molecule has 25 heavy (non-hydrogen) atoms. The second-order valence-corrected chi connectivity index (χ2v) is 6.17. The number of methoxy groups -OCH3 is 1. The Labute approximate surface area is 169 Å². The molecular weight excluding hydrogens is 449 g/mol. The number of benzene rings is 1. The molecule has 0 saturated heterocycles. The van der Waals surface area contributed by atoms with Gasteiger partial charge in [-0.1, -0.05) is 18.2 Å². The first-order valence-electron chi connectivity index (χ1n) is 7.94. The highest BCUT2D eigenvalue weighted by molar-refractivity contribution is 14.0. The van der Waals surface area contributed by atoms with Gasteiger partial charge in [-0.05, 0) is 42.5 Å². The smallest absolute Gasteiger partial charge is 0.337 e. The summed E-state index contributed by atoms with van der Waals surface area (Å²) in [5.74, 6) is 0.506. The van der Waals surface area contributed by atoms with Crippen molar-refractivity contribution in [1.29, 1.82) is 0 Å². The second kappa shape index (κ2) is 11.9. The normalized spacial score (nSPS) is 10.7. The van der Waals surface area contributed by atoms with Crippen LogP contribution >= 0.6 is 35.3 Å². The van der Waals surface area contributed by atoms with Crippen LogP contribution in [-0.4, -0.2) is 32.1 Å². The zero-order valence-corrected chi connectivity index (χ0v) is 17.6. The quantitative estimate of drug-likeness (QED) is 0.280. The number of rotatable bonds is 7. The molecule has 0 unspecified atom stereocenters. The van der Waals surface area contributed by atoms with Gasteiger partial charge in [-0.3, -0.25) is 0 Å². The minimum absolute atomic E-state index is 0. The molecule has 0 atom stereocenters. The van der Waals surface area contributed by atoms with Crippen molar-refractivity contribution < 1.29 is 9.53 Å². The summed E-state index contributed by atoms with van der Waals surface area (Å²) < 4.78 is 4.70. The number of esters is 1. The zero-order chi connectivity index (χ0) is 17.2. The molecular formula is C18H24IN3O2S.